The number of amides is 3. The average Bonchev–Trinajstić information content (AvgIpc) is 3.07. The number of fused-ring (bicyclic) bond motifs is 1. The van der Waals surface area contributed by atoms with Crippen LogP contribution in [0.25, 0.3) is 0 Å². The molecule has 4 rings (SSSR count). The maximum atomic E-state index is 13.2. The van der Waals surface area contributed by atoms with E-state index in [4.69, 9.17) is 10.5 Å². The molecule has 1 saturated heterocycles. The topological polar surface area (TPSA) is 142 Å². The number of rotatable bonds is 6. The zero-order chi connectivity index (χ0) is 23.7. The number of benzene rings is 1. The standard InChI is InChI=1S/C22H26N6O5/c1-3-13-11-14(26-9-10-33-19-17(20(26)29)18(23)24-12-25-19)5-6-16(13)28-8-7-27(22(28)32)15(4-2)21(30)31/h5-6,11-12,15H,3-4,7-10H2,1-2H3,(H,30,31)(H2,23,24,25). The Labute approximate surface area is 190 Å². The first-order valence-electron chi connectivity index (χ1n) is 10.9. The summed E-state index contributed by atoms with van der Waals surface area (Å²) in [5.74, 6) is -1.15. The van der Waals surface area contributed by atoms with Gasteiger partial charge in [0.15, 0.2) is 0 Å². The summed E-state index contributed by atoms with van der Waals surface area (Å²) in [6.07, 6.45) is 2.20. The van der Waals surface area contributed by atoms with Crippen LogP contribution in [0.15, 0.2) is 24.5 Å². The zero-order valence-electron chi connectivity index (χ0n) is 18.5. The van der Waals surface area contributed by atoms with E-state index in [0.717, 1.165) is 5.56 Å². The molecule has 3 amide bonds. The summed E-state index contributed by atoms with van der Waals surface area (Å²) in [4.78, 5) is 50.3. The molecule has 3 heterocycles. The molecular formula is C22H26N6O5. The number of ether oxygens (including phenoxy) is 1. The lowest BCUT2D eigenvalue weighted by molar-refractivity contribution is -0.142. The first-order valence-corrected chi connectivity index (χ1v) is 10.9. The molecule has 1 aromatic heterocycles. The van der Waals surface area contributed by atoms with Gasteiger partial charge in [-0.1, -0.05) is 13.8 Å². The van der Waals surface area contributed by atoms with Crippen molar-refractivity contribution < 1.29 is 24.2 Å². The zero-order valence-corrected chi connectivity index (χ0v) is 18.5. The highest BCUT2D eigenvalue weighted by Crippen LogP contribution is 2.33. The number of urea groups is 1. The van der Waals surface area contributed by atoms with Crippen molar-refractivity contribution in [1.82, 2.24) is 14.9 Å². The Hall–Kier alpha value is -3.89. The largest absolute Gasteiger partial charge is 0.480 e. The van der Waals surface area contributed by atoms with Crippen molar-refractivity contribution in [2.75, 3.05) is 41.8 Å². The van der Waals surface area contributed by atoms with Crippen LogP contribution in [0.5, 0.6) is 5.88 Å². The molecule has 3 N–H and O–H groups in total. The second-order valence-electron chi connectivity index (χ2n) is 7.80. The first-order chi connectivity index (χ1) is 15.9. The van der Waals surface area contributed by atoms with Gasteiger partial charge in [0.2, 0.25) is 5.88 Å². The molecule has 174 valence electrons. The number of carboxylic acid groups (broad SMARTS) is 1. The highest BCUT2D eigenvalue weighted by atomic mass is 16.5. The normalized spacial score (nSPS) is 17.0. The Morgan fingerprint density at radius 1 is 1.18 bits per heavy atom. The van der Waals surface area contributed by atoms with Gasteiger partial charge in [-0.25, -0.2) is 19.6 Å². The number of aliphatic carboxylic acids is 1. The summed E-state index contributed by atoms with van der Waals surface area (Å²) in [7, 11) is 0. The van der Waals surface area contributed by atoms with E-state index in [2.05, 4.69) is 9.97 Å². The molecule has 0 spiro atoms. The Bertz CT molecular complexity index is 1110. The summed E-state index contributed by atoms with van der Waals surface area (Å²) in [6.45, 7) is 4.98. The maximum absolute atomic E-state index is 13.2. The van der Waals surface area contributed by atoms with E-state index >= 15 is 0 Å². The monoisotopic (exact) mass is 454 g/mol. The number of hydrogen-bond acceptors (Lipinski definition) is 7. The highest BCUT2D eigenvalue weighted by molar-refractivity contribution is 6.11. The summed E-state index contributed by atoms with van der Waals surface area (Å²) in [5, 5.41) is 9.45. The van der Waals surface area contributed by atoms with E-state index in [9.17, 15) is 19.5 Å². The minimum atomic E-state index is -1.01. The van der Waals surface area contributed by atoms with Crippen LogP contribution in [-0.2, 0) is 11.2 Å². The van der Waals surface area contributed by atoms with Crippen LogP contribution < -0.4 is 20.3 Å². The number of nitrogens with two attached hydrogens (primary N) is 1. The number of aryl methyl sites for hydroxylation is 1. The van der Waals surface area contributed by atoms with Crippen LogP contribution in [-0.4, -0.2) is 70.2 Å². The van der Waals surface area contributed by atoms with Crippen LogP contribution in [0.2, 0.25) is 0 Å². The molecule has 0 saturated carbocycles. The van der Waals surface area contributed by atoms with Gasteiger partial charge in [0.1, 0.15) is 30.4 Å². The molecular weight excluding hydrogens is 428 g/mol. The van der Waals surface area contributed by atoms with Gasteiger partial charge in [-0.3, -0.25) is 9.69 Å². The van der Waals surface area contributed by atoms with Gasteiger partial charge >= 0.3 is 12.0 Å². The number of carbonyl (C=O) groups excluding carboxylic acids is 2. The minimum absolute atomic E-state index is 0.0518. The van der Waals surface area contributed by atoms with Gasteiger partial charge in [0.05, 0.1) is 6.54 Å². The third-order valence-electron chi connectivity index (χ3n) is 5.99. The predicted molar refractivity (Wildman–Crippen MR) is 121 cm³/mol. The number of nitrogen functional groups attached to an aromatic ring is 1. The first kappa shape index (κ1) is 22.3. The van der Waals surface area contributed by atoms with Crippen molar-refractivity contribution in [2.24, 2.45) is 0 Å². The van der Waals surface area contributed by atoms with Gasteiger partial charge < -0.3 is 25.4 Å². The molecule has 0 aliphatic carbocycles. The molecule has 2 aliphatic heterocycles. The third kappa shape index (κ3) is 3.90. The average molecular weight is 454 g/mol. The number of carbonyl (C=O) groups is 3. The minimum Gasteiger partial charge on any atom is -0.480 e. The van der Waals surface area contributed by atoms with Crippen molar-refractivity contribution in [3.05, 3.63) is 35.7 Å². The van der Waals surface area contributed by atoms with Crippen LogP contribution in [0, 0.1) is 0 Å². The summed E-state index contributed by atoms with van der Waals surface area (Å²) < 4.78 is 5.59. The molecule has 1 fully saturated rings. The fraction of sp³-hybridized carbons (Fsp3) is 0.409. The Morgan fingerprint density at radius 3 is 2.67 bits per heavy atom. The third-order valence-corrected chi connectivity index (χ3v) is 5.99. The van der Waals surface area contributed by atoms with Crippen LogP contribution in [0.3, 0.4) is 0 Å². The quantitative estimate of drug-likeness (QED) is 0.672. The van der Waals surface area contributed by atoms with E-state index in [1.54, 1.807) is 28.9 Å². The van der Waals surface area contributed by atoms with Crippen molar-refractivity contribution in [1.29, 1.82) is 0 Å². The number of nitrogens with zero attached hydrogens (tertiary/aromatic N) is 5. The van der Waals surface area contributed by atoms with Crippen LogP contribution in [0.4, 0.5) is 22.0 Å². The molecule has 1 aromatic carbocycles. The smallest absolute Gasteiger partial charge is 0.326 e. The lowest BCUT2D eigenvalue weighted by atomic mass is 10.1. The predicted octanol–water partition coefficient (Wildman–Crippen LogP) is 1.77. The number of hydrogen-bond donors (Lipinski definition) is 2. The molecule has 2 aromatic rings. The van der Waals surface area contributed by atoms with Gasteiger partial charge in [0.25, 0.3) is 5.91 Å². The molecule has 33 heavy (non-hydrogen) atoms. The van der Waals surface area contributed by atoms with Gasteiger partial charge in [-0.2, -0.15) is 0 Å². The number of anilines is 3. The van der Waals surface area contributed by atoms with Crippen molar-refractivity contribution in [3.63, 3.8) is 0 Å². The van der Waals surface area contributed by atoms with E-state index in [0.29, 0.717) is 43.9 Å². The van der Waals surface area contributed by atoms with Crippen molar-refractivity contribution >= 4 is 35.1 Å². The summed E-state index contributed by atoms with van der Waals surface area (Å²) in [5.41, 5.74) is 8.25. The molecule has 2 aliphatic rings. The van der Waals surface area contributed by atoms with Crippen molar-refractivity contribution in [2.45, 2.75) is 32.7 Å². The molecule has 0 radical (unpaired) electrons. The van der Waals surface area contributed by atoms with E-state index in [1.165, 1.54) is 11.2 Å². The summed E-state index contributed by atoms with van der Waals surface area (Å²) >= 11 is 0. The fourth-order valence-corrected chi connectivity index (χ4v) is 4.29. The molecule has 11 nitrogen and oxygen atoms in total. The number of carboxylic acids is 1. The van der Waals surface area contributed by atoms with Gasteiger partial charge in [-0.05, 0) is 36.6 Å². The van der Waals surface area contributed by atoms with Gasteiger partial charge in [-0.15, -0.1) is 0 Å². The lowest BCUT2D eigenvalue weighted by Crippen LogP contribution is -2.43. The van der Waals surface area contributed by atoms with Gasteiger partial charge in [0, 0.05) is 24.5 Å². The maximum Gasteiger partial charge on any atom is 0.326 e. The van der Waals surface area contributed by atoms with Crippen LogP contribution >= 0.6 is 0 Å². The van der Waals surface area contributed by atoms with Crippen LogP contribution in [0.1, 0.15) is 36.2 Å². The Kier molecular flexibility index (Phi) is 6.03. The molecule has 11 heteroatoms. The fourth-order valence-electron chi connectivity index (χ4n) is 4.29. The molecule has 0 bridgehead atoms. The van der Waals surface area contributed by atoms with E-state index in [1.807, 2.05) is 13.0 Å². The highest BCUT2D eigenvalue weighted by Gasteiger charge is 2.38. The Morgan fingerprint density at radius 2 is 1.97 bits per heavy atom. The van der Waals surface area contributed by atoms with E-state index < -0.39 is 12.0 Å². The molecule has 1 atom stereocenters. The summed E-state index contributed by atoms with van der Waals surface area (Å²) in [6, 6.07) is 4.24. The number of aromatic nitrogens is 2. The SMILES string of the molecule is CCc1cc(N2CCOc3ncnc(N)c3C2=O)ccc1N1CCN(C(CC)C(=O)O)C1=O. The van der Waals surface area contributed by atoms with E-state index in [-0.39, 0.29) is 35.8 Å². The Balaban J connectivity index is 1.64. The second-order valence-corrected chi connectivity index (χ2v) is 7.80. The second kappa shape index (κ2) is 8.93. The molecule has 1 unspecified atom stereocenters. The van der Waals surface area contributed by atoms with Crippen molar-refractivity contribution in [3.8, 4) is 5.88 Å². The lowest BCUT2D eigenvalue weighted by Gasteiger charge is -2.26.